The molecule has 2 aromatic rings. The Morgan fingerprint density at radius 1 is 1.23 bits per heavy atom. The number of amides is 1. The normalized spacial score (nSPS) is 11.3. The van der Waals surface area contributed by atoms with E-state index in [9.17, 15) is 9.18 Å². The van der Waals surface area contributed by atoms with E-state index in [0.29, 0.717) is 11.5 Å². The third-order valence-corrected chi connectivity index (χ3v) is 3.42. The molecule has 0 radical (unpaired) electrons. The molecule has 0 aliphatic rings. The van der Waals surface area contributed by atoms with Crippen LogP contribution in [0.5, 0.6) is 5.75 Å². The first-order valence-corrected chi connectivity index (χ1v) is 7.19. The van der Waals surface area contributed by atoms with Crippen molar-refractivity contribution in [2.75, 3.05) is 0 Å². The average molecular weight is 305 g/mol. The third kappa shape index (κ3) is 4.35. The zero-order chi connectivity index (χ0) is 16.2. The Hall–Kier alpha value is -2.30. The lowest BCUT2D eigenvalue weighted by molar-refractivity contribution is 0.0878. The van der Waals surface area contributed by atoms with Gasteiger partial charge in [0.15, 0.2) is 5.76 Å². The van der Waals surface area contributed by atoms with Gasteiger partial charge in [-0.15, -0.1) is 0 Å². The van der Waals surface area contributed by atoms with E-state index in [2.05, 4.69) is 5.32 Å². The Balaban J connectivity index is 1.93. The smallest absolute Gasteiger partial charge is 0.287 e. The summed E-state index contributed by atoms with van der Waals surface area (Å²) in [6.45, 7) is 6.08. The molecule has 0 atom stereocenters. The monoisotopic (exact) mass is 305 g/mol. The van der Waals surface area contributed by atoms with Gasteiger partial charge in [-0.1, -0.05) is 6.92 Å². The number of halogens is 1. The van der Waals surface area contributed by atoms with E-state index in [1.807, 2.05) is 20.8 Å². The van der Waals surface area contributed by atoms with Crippen LogP contribution in [0, 0.1) is 5.82 Å². The van der Waals surface area contributed by atoms with Gasteiger partial charge in [0, 0.05) is 5.54 Å². The number of hydrogen-bond donors (Lipinski definition) is 1. The molecular formula is C17H20FNO3. The first kappa shape index (κ1) is 16.1. The molecule has 0 spiro atoms. The van der Waals surface area contributed by atoms with Gasteiger partial charge < -0.3 is 14.5 Å². The molecule has 0 bridgehead atoms. The van der Waals surface area contributed by atoms with Gasteiger partial charge in [0.05, 0.1) is 0 Å². The van der Waals surface area contributed by atoms with E-state index < -0.39 is 0 Å². The highest BCUT2D eigenvalue weighted by molar-refractivity contribution is 5.91. The lowest BCUT2D eigenvalue weighted by atomic mass is 10.0. The van der Waals surface area contributed by atoms with Crippen LogP contribution in [0.1, 0.15) is 43.5 Å². The quantitative estimate of drug-likeness (QED) is 0.880. The molecule has 1 aromatic carbocycles. The largest absolute Gasteiger partial charge is 0.486 e. The molecule has 1 heterocycles. The van der Waals surface area contributed by atoms with Gasteiger partial charge in [-0.3, -0.25) is 4.79 Å². The number of carbonyl (C=O) groups is 1. The van der Waals surface area contributed by atoms with Gasteiger partial charge in [0.2, 0.25) is 0 Å². The molecule has 118 valence electrons. The highest BCUT2D eigenvalue weighted by atomic mass is 19.1. The Kier molecular flexibility index (Phi) is 4.85. The molecule has 1 N–H and O–H groups in total. The summed E-state index contributed by atoms with van der Waals surface area (Å²) in [4.78, 5) is 12.1. The number of nitrogens with one attached hydrogen (secondary N) is 1. The second-order valence-electron chi connectivity index (χ2n) is 5.70. The zero-order valence-corrected chi connectivity index (χ0v) is 13.0. The van der Waals surface area contributed by atoms with Crippen LogP contribution in [-0.2, 0) is 6.61 Å². The summed E-state index contributed by atoms with van der Waals surface area (Å²) in [5.74, 6) is 0.752. The van der Waals surface area contributed by atoms with Gasteiger partial charge >= 0.3 is 0 Å². The van der Waals surface area contributed by atoms with Crippen LogP contribution >= 0.6 is 0 Å². The van der Waals surface area contributed by atoms with Crippen molar-refractivity contribution in [1.29, 1.82) is 0 Å². The first-order valence-electron chi connectivity index (χ1n) is 7.19. The van der Waals surface area contributed by atoms with Crippen molar-refractivity contribution < 1.29 is 18.3 Å². The van der Waals surface area contributed by atoms with Crippen LogP contribution in [-0.4, -0.2) is 11.4 Å². The summed E-state index contributed by atoms with van der Waals surface area (Å²) < 4.78 is 23.7. The van der Waals surface area contributed by atoms with E-state index in [1.54, 1.807) is 12.1 Å². The van der Waals surface area contributed by atoms with Gasteiger partial charge in [0.25, 0.3) is 5.91 Å². The van der Waals surface area contributed by atoms with Crippen LogP contribution in [0.15, 0.2) is 40.8 Å². The minimum Gasteiger partial charge on any atom is -0.486 e. The Morgan fingerprint density at radius 2 is 1.91 bits per heavy atom. The summed E-state index contributed by atoms with van der Waals surface area (Å²) in [7, 11) is 0. The van der Waals surface area contributed by atoms with E-state index in [0.717, 1.165) is 6.42 Å². The lowest BCUT2D eigenvalue weighted by Gasteiger charge is -2.23. The van der Waals surface area contributed by atoms with Crippen LogP contribution < -0.4 is 10.1 Å². The molecule has 0 aliphatic heterocycles. The standard InChI is InChI=1S/C17H20FNO3/c1-4-17(2,3)19-16(20)15-10-9-14(22-15)11-21-13-7-5-12(18)6-8-13/h5-10H,4,11H2,1-3H3,(H,19,20). The minimum absolute atomic E-state index is 0.177. The molecule has 1 aromatic heterocycles. The van der Waals surface area contributed by atoms with Crippen LogP contribution in [0.2, 0.25) is 0 Å². The van der Waals surface area contributed by atoms with Crippen molar-refractivity contribution in [3.63, 3.8) is 0 Å². The topological polar surface area (TPSA) is 51.5 Å². The van der Waals surface area contributed by atoms with E-state index >= 15 is 0 Å². The summed E-state index contributed by atoms with van der Waals surface area (Å²) in [6.07, 6.45) is 0.819. The number of rotatable bonds is 6. The average Bonchev–Trinajstić information content (AvgIpc) is 2.95. The van der Waals surface area contributed by atoms with Gasteiger partial charge in [-0.05, 0) is 56.7 Å². The molecule has 0 aliphatic carbocycles. The molecular weight excluding hydrogens is 285 g/mol. The fraction of sp³-hybridized carbons (Fsp3) is 0.353. The fourth-order valence-electron chi connectivity index (χ4n) is 1.72. The van der Waals surface area contributed by atoms with Crippen molar-refractivity contribution >= 4 is 5.91 Å². The maximum atomic E-state index is 12.8. The molecule has 0 saturated heterocycles. The van der Waals surface area contributed by atoms with Crippen LogP contribution in [0.3, 0.4) is 0 Å². The molecule has 4 nitrogen and oxygen atoms in total. The molecule has 1 amide bonds. The Morgan fingerprint density at radius 3 is 2.55 bits per heavy atom. The SMILES string of the molecule is CCC(C)(C)NC(=O)c1ccc(COc2ccc(F)cc2)o1. The van der Waals surface area contributed by atoms with Crippen LogP contribution in [0.4, 0.5) is 4.39 Å². The predicted molar refractivity (Wildman–Crippen MR) is 81.3 cm³/mol. The third-order valence-electron chi connectivity index (χ3n) is 3.42. The van der Waals surface area contributed by atoms with Crippen molar-refractivity contribution in [3.05, 3.63) is 53.7 Å². The zero-order valence-electron chi connectivity index (χ0n) is 13.0. The fourth-order valence-corrected chi connectivity index (χ4v) is 1.72. The number of hydrogen-bond acceptors (Lipinski definition) is 3. The second-order valence-corrected chi connectivity index (χ2v) is 5.70. The van der Waals surface area contributed by atoms with Crippen molar-refractivity contribution in [3.8, 4) is 5.75 Å². The van der Waals surface area contributed by atoms with Gasteiger partial charge in [0.1, 0.15) is 23.9 Å². The van der Waals surface area contributed by atoms with Crippen molar-refractivity contribution in [2.24, 2.45) is 0 Å². The number of benzene rings is 1. The van der Waals surface area contributed by atoms with E-state index in [1.165, 1.54) is 24.3 Å². The number of furan rings is 1. The maximum absolute atomic E-state index is 12.8. The van der Waals surface area contributed by atoms with Crippen LogP contribution in [0.25, 0.3) is 0 Å². The molecule has 0 fully saturated rings. The molecule has 5 heteroatoms. The van der Waals surface area contributed by atoms with E-state index in [-0.39, 0.29) is 29.6 Å². The molecule has 22 heavy (non-hydrogen) atoms. The Labute approximate surface area is 129 Å². The highest BCUT2D eigenvalue weighted by Gasteiger charge is 2.21. The molecule has 2 rings (SSSR count). The van der Waals surface area contributed by atoms with Gasteiger partial charge in [-0.2, -0.15) is 0 Å². The predicted octanol–water partition coefficient (Wildman–Crippen LogP) is 3.92. The summed E-state index contributed by atoms with van der Waals surface area (Å²) in [6, 6.07) is 9.03. The number of carbonyl (C=O) groups excluding carboxylic acids is 1. The first-order chi connectivity index (χ1) is 10.4. The lowest BCUT2D eigenvalue weighted by Crippen LogP contribution is -2.42. The van der Waals surface area contributed by atoms with E-state index in [4.69, 9.17) is 9.15 Å². The van der Waals surface area contributed by atoms with Gasteiger partial charge in [-0.25, -0.2) is 4.39 Å². The van der Waals surface area contributed by atoms with Crippen molar-refractivity contribution in [1.82, 2.24) is 5.32 Å². The Bertz CT molecular complexity index is 632. The van der Waals surface area contributed by atoms with Crippen molar-refractivity contribution in [2.45, 2.75) is 39.3 Å². The second kappa shape index (κ2) is 6.64. The summed E-state index contributed by atoms with van der Waals surface area (Å²) in [5.41, 5.74) is -0.283. The summed E-state index contributed by atoms with van der Waals surface area (Å²) in [5, 5.41) is 2.90. The summed E-state index contributed by atoms with van der Waals surface area (Å²) >= 11 is 0. The minimum atomic E-state index is -0.317. The number of ether oxygens (including phenoxy) is 1. The molecule has 0 unspecified atom stereocenters. The maximum Gasteiger partial charge on any atom is 0.287 e. The molecule has 0 saturated carbocycles. The highest BCUT2D eigenvalue weighted by Crippen LogP contribution is 2.16.